The maximum atomic E-state index is 13.1. The molecule has 0 aliphatic carbocycles. The molecule has 34 heavy (non-hydrogen) atoms. The number of nitrogens with one attached hydrogen (secondary N) is 1. The molecule has 0 radical (unpaired) electrons. The van der Waals surface area contributed by atoms with Gasteiger partial charge in [-0.1, -0.05) is 16.8 Å². The zero-order valence-electron chi connectivity index (χ0n) is 19.3. The number of hydrogen-bond acceptors (Lipinski definition) is 8. The lowest BCUT2D eigenvalue weighted by Gasteiger charge is -2.25. The molecule has 1 aliphatic rings. The van der Waals surface area contributed by atoms with Gasteiger partial charge in [0, 0.05) is 42.2 Å². The number of oxime groups is 1. The fraction of sp³-hybridized carbons (Fsp3) is 0.364. The van der Waals surface area contributed by atoms with E-state index < -0.39 is 6.04 Å². The van der Waals surface area contributed by atoms with Crippen molar-refractivity contribution in [3.8, 4) is 5.82 Å². The Morgan fingerprint density at radius 1 is 1.21 bits per heavy atom. The minimum Gasteiger partial charge on any atom is -0.397 e. The summed E-state index contributed by atoms with van der Waals surface area (Å²) in [6.45, 7) is 3.10. The predicted octanol–water partition coefficient (Wildman–Crippen LogP) is 2.19. The molecule has 12 heteroatoms. The molecule has 0 spiro atoms. The molecular weight excluding hydrogens is 460 g/mol. The average Bonchev–Trinajstić information content (AvgIpc) is 3.26. The third-order valence-corrected chi connectivity index (χ3v) is 5.49. The van der Waals surface area contributed by atoms with Crippen LogP contribution in [0.25, 0.3) is 5.82 Å². The molecule has 3 heterocycles. The van der Waals surface area contributed by atoms with Crippen molar-refractivity contribution < 1.29 is 14.4 Å². The van der Waals surface area contributed by atoms with Crippen molar-refractivity contribution in [3.63, 3.8) is 0 Å². The van der Waals surface area contributed by atoms with E-state index in [-0.39, 0.29) is 11.8 Å². The monoisotopic (exact) mass is 484 g/mol. The first-order valence-electron chi connectivity index (χ1n) is 10.6. The third-order valence-electron chi connectivity index (χ3n) is 5.28. The SMILES string of the molecule is CON=C(c1cc(Cl)cc(C(=O)NC(C)c2ncnn2-c2cc(C3COC3)ncn2)c1)N(C)C. The van der Waals surface area contributed by atoms with Gasteiger partial charge in [-0.2, -0.15) is 9.78 Å². The van der Waals surface area contributed by atoms with Gasteiger partial charge in [0.15, 0.2) is 17.5 Å². The molecule has 1 aromatic carbocycles. The molecule has 1 N–H and O–H groups in total. The summed E-state index contributed by atoms with van der Waals surface area (Å²) in [5, 5.41) is 11.7. The number of carbonyl (C=O) groups excluding carboxylic acids is 1. The number of halogens is 1. The second kappa shape index (κ2) is 10.1. The van der Waals surface area contributed by atoms with Gasteiger partial charge in [-0.3, -0.25) is 4.79 Å². The maximum absolute atomic E-state index is 13.1. The summed E-state index contributed by atoms with van der Waals surface area (Å²) in [6.07, 6.45) is 2.92. The highest BCUT2D eigenvalue weighted by molar-refractivity contribution is 6.31. The number of amides is 1. The summed E-state index contributed by atoms with van der Waals surface area (Å²) in [5.74, 6) is 1.55. The van der Waals surface area contributed by atoms with E-state index in [1.165, 1.54) is 19.8 Å². The largest absolute Gasteiger partial charge is 0.397 e. The molecule has 1 unspecified atom stereocenters. The van der Waals surface area contributed by atoms with Gasteiger partial charge in [0.2, 0.25) is 0 Å². The molecule has 3 aromatic rings. The number of rotatable bonds is 7. The molecule has 4 rings (SSSR count). The van der Waals surface area contributed by atoms with Crippen LogP contribution in [0.5, 0.6) is 0 Å². The molecule has 1 amide bonds. The van der Waals surface area contributed by atoms with Crippen molar-refractivity contribution in [1.29, 1.82) is 0 Å². The number of amidine groups is 1. The first-order chi connectivity index (χ1) is 16.4. The van der Waals surface area contributed by atoms with E-state index in [1.807, 2.05) is 27.1 Å². The third kappa shape index (κ3) is 5.00. The second-order valence-corrected chi connectivity index (χ2v) is 8.42. The number of ether oxygens (including phenoxy) is 1. The quantitative estimate of drug-likeness (QED) is 0.308. The Kier molecular flexibility index (Phi) is 7.03. The van der Waals surface area contributed by atoms with E-state index in [1.54, 1.807) is 27.8 Å². The lowest BCUT2D eigenvalue weighted by molar-refractivity contribution is 0.00665. The van der Waals surface area contributed by atoms with Crippen molar-refractivity contribution in [1.82, 2.24) is 34.9 Å². The highest BCUT2D eigenvalue weighted by Gasteiger charge is 2.24. The van der Waals surface area contributed by atoms with Crippen LogP contribution < -0.4 is 5.32 Å². The molecule has 0 bridgehead atoms. The van der Waals surface area contributed by atoms with Crippen LogP contribution in [0.1, 0.15) is 46.3 Å². The highest BCUT2D eigenvalue weighted by Crippen LogP contribution is 2.24. The number of hydrogen-bond donors (Lipinski definition) is 1. The van der Waals surface area contributed by atoms with Gasteiger partial charge in [0.25, 0.3) is 5.91 Å². The molecule has 1 aliphatic heterocycles. The Morgan fingerprint density at radius 3 is 2.65 bits per heavy atom. The topological polar surface area (TPSA) is 120 Å². The standard InChI is InChI=1S/C22H25ClN8O3/c1-13(20-26-12-27-31(20)19-8-18(24-11-25-19)16-9-34-10-16)28-22(32)15-5-14(6-17(23)7-15)21(29-33-4)30(2)3/h5-8,11-13,16H,9-10H2,1-4H3,(H,28,32). The van der Waals surface area contributed by atoms with Crippen LogP contribution >= 0.6 is 11.6 Å². The number of carbonyl (C=O) groups is 1. The fourth-order valence-electron chi connectivity index (χ4n) is 3.50. The minimum atomic E-state index is -0.469. The van der Waals surface area contributed by atoms with E-state index in [0.717, 1.165) is 5.69 Å². The zero-order chi connectivity index (χ0) is 24.2. The molecular formula is C22H25ClN8O3. The van der Waals surface area contributed by atoms with Crippen LogP contribution in [-0.4, -0.2) is 75.8 Å². The van der Waals surface area contributed by atoms with Crippen molar-refractivity contribution in [2.45, 2.75) is 18.9 Å². The number of benzene rings is 1. The van der Waals surface area contributed by atoms with Crippen molar-refractivity contribution >= 4 is 23.3 Å². The zero-order valence-corrected chi connectivity index (χ0v) is 20.0. The smallest absolute Gasteiger partial charge is 0.251 e. The van der Waals surface area contributed by atoms with E-state index >= 15 is 0 Å². The number of aromatic nitrogens is 5. The molecule has 1 atom stereocenters. The molecule has 178 valence electrons. The molecule has 0 saturated carbocycles. The van der Waals surface area contributed by atoms with Crippen molar-refractivity contribution in [3.05, 3.63) is 64.6 Å². The molecule has 11 nitrogen and oxygen atoms in total. The predicted molar refractivity (Wildman–Crippen MR) is 125 cm³/mol. The fourth-order valence-corrected chi connectivity index (χ4v) is 3.74. The Bertz CT molecular complexity index is 1210. The first-order valence-corrected chi connectivity index (χ1v) is 11.0. The van der Waals surface area contributed by atoms with Crippen LogP contribution in [0.4, 0.5) is 0 Å². The highest BCUT2D eigenvalue weighted by atomic mass is 35.5. The van der Waals surface area contributed by atoms with Gasteiger partial charge >= 0.3 is 0 Å². The van der Waals surface area contributed by atoms with Crippen LogP contribution in [0.2, 0.25) is 5.02 Å². The summed E-state index contributed by atoms with van der Waals surface area (Å²) in [6, 6.07) is 6.41. The Morgan fingerprint density at radius 2 is 1.97 bits per heavy atom. The molecule has 1 fully saturated rings. The second-order valence-electron chi connectivity index (χ2n) is 7.98. The number of nitrogens with zero attached hydrogens (tertiary/aromatic N) is 7. The first kappa shape index (κ1) is 23.6. The average molecular weight is 485 g/mol. The van der Waals surface area contributed by atoms with Crippen LogP contribution in [0.15, 0.2) is 42.1 Å². The summed E-state index contributed by atoms with van der Waals surface area (Å²) >= 11 is 6.30. The van der Waals surface area contributed by atoms with Gasteiger partial charge in [0.05, 0.1) is 24.9 Å². The maximum Gasteiger partial charge on any atom is 0.251 e. The van der Waals surface area contributed by atoms with Gasteiger partial charge in [-0.05, 0) is 25.1 Å². The Hall–Kier alpha value is -3.57. The normalized spacial score (nSPS) is 14.9. The van der Waals surface area contributed by atoms with Crippen molar-refractivity contribution in [2.24, 2.45) is 5.16 Å². The van der Waals surface area contributed by atoms with E-state index in [9.17, 15) is 4.79 Å². The summed E-state index contributed by atoms with van der Waals surface area (Å²) in [4.78, 5) is 32.8. The summed E-state index contributed by atoms with van der Waals surface area (Å²) < 4.78 is 6.85. The van der Waals surface area contributed by atoms with Gasteiger partial charge in [0.1, 0.15) is 19.8 Å². The van der Waals surface area contributed by atoms with Crippen LogP contribution in [0.3, 0.4) is 0 Å². The van der Waals surface area contributed by atoms with Gasteiger partial charge in [-0.15, -0.1) is 0 Å². The minimum absolute atomic E-state index is 0.247. The van der Waals surface area contributed by atoms with Crippen molar-refractivity contribution in [2.75, 3.05) is 34.4 Å². The van der Waals surface area contributed by atoms with Gasteiger partial charge < -0.3 is 19.8 Å². The summed E-state index contributed by atoms with van der Waals surface area (Å²) in [7, 11) is 5.11. The van der Waals surface area contributed by atoms with Gasteiger partial charge in [-0.25, -0.2) is 15.0 Å². The summed E-state index contributed by atoms with van der Waals surface area (Å²) in [5.41, 5.74) is 1.91. The van der Waals surface area contributed by atoms with Crippen LogP contribution in [0, 0.1) is 0 Å². The lowest BCUT2D eigenvalue weighted by atomic mass is 10.0. The molecule has 2 aromatic heterocycles. The molecule has 1 saturated heterocycles. The Balaban J connectivity index is 1.56. The van der Waals surface area contributed by atoms with E-state index in [0.29, 0.717) is 46.8 Å². The Labute approximate surface area is 201 Å². The van der Waals surface area contributed by atoms with E-state index in [2.05, 4.69) is 30.5 Å². The van der Waals surface area contributed by atoms with Crippen LogP contribution in [-0.2, 0) is 9.57 Å². The van der Waals surface area contributed by atoms with E-state index in [4.69, 9.17) is 21.2 Å². The lowest BCUT2D eigenvalue weighted by Crippen LogP contribution is -2.30.